The highest BCUT2D eigenvalue weighted by atomic mass is 35.5. The number of nitrogens with two attached hydrogens (primary N) is 1. The Kier molecular flexibility index (Phi) is 17.9. The summed E-state index contributed by atoms with van der Waals surface area (Å²) < 4.78 is 0. The topological polar surface area (TPSA) is 43.1 Å². The van der Waals surface area contributed by atoms with Crippen molar-refractivity contribution in [3.8, 4) is 0 Å². The molecule has 1 rings (SSSR count). The van der Waals surface area contributed by atoms with E-state index in [0.29, 0.717) is 6.42 Å². The number of unbranched alkanes of at least 4 members (excludes halogenated alkanes) is 12. The molecule has 0 radical (unpaired) electrons. The summed E-state index contributed by atoms with van der Waals surface area (Å²) in [4.78, 5) is 12.1. The fraction of sp³-hybridized carbons (Fsp3) is 0.708. The molecule has 2 N–H and O–H groups in total. The molecule has 0 amide bonds. The van der Waals surface area contributed by atoms with Gasteiger partial charge in [-0.1, -0.05) is 121 Å². The van der Waals surface area contributed by atoms with Crippen molar-refractivity contribution in [3.63, 3.8) is 0 Å². The van der Waals surface area contributed by atoms with Gasteiger partial charge >= 0.3 is 0 Å². The zero-order valence-electron chi connectivity index (χ0n) is 17.5. The van der Waals surface area contributed by atoms with Gasteiger partial charge in [0.1, 0.15) is 0 Å². The Balaban J connectivity index is 0.00000676. The molecule has 1 aromatic carbocycles. The van der Waals surface area contributed by atoms with E-state index in [2.05, 4.69) is 6.92 Å². The van der Waals surface area contributed by atoms with Crippen molar-refractivity contribution in [1.29, 1.82) is 0 Å². The smallest absolute Gasteiger partial charge is 0.164 e. The minimum Gasteiger partial charge on any atom is -0.327 e. The third-order valence-corrected chi connectivity index (χ3v) is 5.22. The van der Waals surface area contributed by atoms with Crippen molar-refractivity contribution in [2.24, 2.45) is 5.73 Å². The van der Waals surface area contributed by atoms with Crippen LogP contribution in [0.25, 0.3) is 0 Å². The predicted octanol–water partition coefficient (Wildman–Crippen LogP) is 7.49. The molecule has 0 fully saturated rings. The predicted molar refractivity (Wildman–Crippen MR) is 121 cm³/mol. The number of carbonyl (C=O) groups is 1. The van der Waals surface area contributed by atoms with E-state index in [-0.39, 0.29) is 24.2 Å². The van der Waals surface area contributed by atoms with E-state index in [1.54, 1.807) is 0 Å². The van der Waals surface area contributed by atoms with Crippen molar-refractivity contribution in [2.45, 2.75) is 109 Å². The molecule has 0 spiro atoms. The van der Waals surface area contributed by atoms with Crippen molar-refractivity contribution in [1.82, 2.24) is 0 Å². The van der Waals surface area contributed by atoms with Gasteiger partial charge in [-0.2, -0.15) is 0 Å². The maximum absolute atomic E-state index is 12.1. The fourth-order valence-electron chi connectivity index (χ4n) is 3.51. The fourth-order valence-corrected chi connectivity index (χ4v) is 3.51. The number of halogens is 1. The van der Waals surface area contributed by atoms with Crippen LogP contribution >= 0.6 is 12.4 Å². The Hall–Kier alpha value is -0.860. The second-order valence-corrected chi connectivity index (χ2v) is 7.78. The summed E-state index contributed by atoms with van der Waals surface area (Å²) in [5.41, 5.74) is 6.92. The summed E-state index contributed by atoms with van der Waals surface area (Å²) in [6.45, 7) is 2.28. The molecule has 27 heavy (non-hydrogen) atoms. The van der Waals surface area contributed by atoms with Gasteiger partial charge < -0.3 is 5.73 Å². The van der Waals surface area contributed by atoms with Gasteiger partial charge in [-0.3, -0.25) is 4.79 Å². The van der Waals surface area contributed by atoms with E-state index in [9.17, 15) is 4.79 Å². The van der Waals surface area contributed by atoms with Gasteiger partial charge in [-0.25, -0.2) is 0 Å². The molecule has 1 unspecified atom stereocenters. The summed E-state index contributed by atoms with van der Waals surface area (Å²) in [5.74, 6) is 0.174. The summed E-state index contributed by atoms with van der Waals surface area (Å²) in [6.07, 6.45) is 19.2. The molecule has 0 heterocycles. The van der Waals surface area contributed by atoms with Crippen LogP contribution in [0.2, 0.25) is 0 Å². The van der Waals surface area contributed by atoms with Crippen molar-refractivity contribution >= 4 is 18.2 Å². The molecule has 0 aliphatic heterocycles. The first-order chi connectivity index (χ1) is 12.7. The normalized spacial score (nSPS) is 11.8. The van der Waals surface area contributed by atoms with Crippen molar-refractivity contribution in [2.75, 3.05) is 0 Å². The third kappa shape index (κ3) is 14.8. The Morgan fingerprint density at radius 3 is 1.70 bits per heavy atom. The molecule has 1 aromatic rings. The number of rotatable bonds is 17. The van der Waals surface area contributed by atoms with Crippen LogP contribution < -0.4 is 5.73 Å². The zero-order valence-corrected chi connectivity index (χ0v) is 18.3. The number of Topliss-reactive ketones (excluding diaryl/α,β-unsaturated/α-hetero) is 1. The molecule has 2 nitrogen and oxygen atoms in total. The third-order valence-electron chi connectivity index (χ3n) is 5.22. The van der Waals surface area contributed by atoms with Gasteiger partial charge in [0, 0.05) is 18.0 Å². The quantitative estimate of drug-likeness (QED) is 0.219. The Morgan fingerprint density at radius 1 is 0.778 bits per heavy atom. The van der Waals surface area contributed by atoms with Gasteiger partial charge in [0.25, 0.3) is 0 Å². The monoisotopic (exact) mass is 395 g/mol. The van der Waals surface area contributed by atoms with Crippen LogP contribution in [0.15, 0.2) is 30.3 Å². The average Bonchev–Trinajstić information content (AvgIpc) is 2.66. The van der Waals surface area contributed by atoms with Crippen LogP contribution in [-0.2, 0) is 0 Å². The van der Waals surface area contributed by atoms with Crippen molar-refractivity contribution < 1.29 is 4.79 Å². The van der Waals surface area contributed by atoms with E-state index < -0.39 is 0 Å². The molecule has 3 heteroatoms. The molecule has 0 aliphatic rings. The average molecular weight is 396 g/mol. The van der Waals surface area contributed by atoms with Crippen LogP contribution in [0, 0.1) is 0 Å². The second-order valence-electron chi connectivity index (χ2n) is 7.78. The summed E-state index contributed by atoms with van der Waals surface area (Å²) >= 11 is 0. The minimum atomic E-state index is 0. The van der Waals surface area contributed by atoms with Crippen LogP contribution in [0.1, 0.15) is 114 Å². The summed E-state index contributed by atoms with van der Waals surface area (Å²) in [5, 5.41) is 0. The molecular weight excluding hydrogens is 354 g/mol. The molecule has 156 valence electrons. The van der Waals surface area contributed by atoms with Gasteiger partial charge in [0.05, 0.1) is 0 Å². The number of carbonyl (C=O) groups excluding carboxylic acids is 1. The van der Waals surface area contributed by atoms with Crippen LogP contribution in [0.3, 0.4) is 0 Å². The second kappa shape index (κ2) is 18.5. The highest BCUT2D eigenvalue weighted by molar-refractivity contribution is 5.96. The first-order valence-electron chi connectivity index (χ1n) is 11.1. The Bertz CT molecular complexity index is 449. The molecular formula is C24H42ClNO. The van der Waals surface area contributed by atoms with E-state index in [4.69, 9.17) is 5.73 Å². The van der Waals surface area contributed by atoms with Crippen LogP contribution in [0.5, 0.6) is 0 Å². The lowest BCUT2D eigenvalue weighted by Crippen LogP contribution is -2.23. The highest BCUT2D eigenvalue weighted by Gasteiger charge is 2.10. The van der Waals surface area contributed by atoms with Gasteiger partial charge in [-0.15, -0.1) is 12.4 Å². The number of ketones is 1. The standard InChI is InChI=1S/C24H41NO.ClH/c1-2-3-4-5-6-7-8-9-10-11-12-13-17-20-23(25)21-24(26)22-18-15-14-16-19-22;/h14-16,18-19,23H,2-13,17,20-21,25H2,1H3;1H. The molecule has 0 aliphatic carbocycles. The summed E-state index contributed by atoms with van der Waals surface area (Å²) in [6, 6.07) is 9.51. The minimum absolute atomic E-state index is 0. The highest BCUT2D eigenvalue weighted by Crippen LogP contribution is 2.14. The Labute approximate surface area is 174 Å². The Morgan fingerprint density at radius 2 is 1.22 bits per heavy atom. The van der Waals surface area contributed by atoms with Gasteiger partial charge in [0.2, 0.25) is 0 Å². The van der Waals surface area contributed by atoms with Gasteiger partial charge in [0.15, 0.2) is 5.78 Å². The van der Waals surface area contributed by atoms with Crippen LogP contribution in [0.4, 0.5) is 0 Å². The van der Waals surface area contributed by atoms with E-state index >= 15 is 0 Å². The van der Waals surface area contributed by atoms with Crippen LogP contribution in [-0.4, -0.2) is 11.8 Å². The molecule has 0 bridgehead atoms. The maximum Gasteiger partial charge on any atom is 0.164 e. The SMILES string of the molecule is CCCCCCCCCCCCCCCC(N)CC(=O)c1ccccc1.Cl. The molecule has 0 saturated carbocycles. The van der Waals surface area contributed by atoms with E-state index in [1.165, 1.54) is 77.0 Å². The number of hydrogen-bond donors (Lipinski definition) is 1. The van der Waals surface area contributed by atoms with E-state index in [1.807, 2.05) is 30.3 Å². The molecule has 0 saturated heterocycles. The molecule has 1 atom stereocenters. The number of hydrogen-bond acceptors (Lipinski definition) is 2. The lowest BCUT2D eigenvalue weighted by molar-refractivity contribution is 0.0973. The van der Waals surface area contributed by atoms with Gasteiger partial charge in [-0.05, 0) is 6.42 Å². The first-order valence-corrected chi connectivity index (χ1v) is 11.1. The number of benzene rings is 1. The lowest BCUT2D eigenvalue weighted by atomic mass is 9.99. The van der Waals surface area contributed by atoms with E-state index in [0.717, 1.165) is 18.4 Å². The first kappa shape index (κ1) is 26.1. The molecule has 0 aromatic heterocycles. The lowest BCUT2D eigenvalue weighted by Gasteiger charge is -2.10. The zero-order chi connectivity index (χ0) is 18.9. The summed E-state index contributed by atoms with van der Waals surface area (Å²) in [7, 11) is 0. The maximum atomic E-state index is 12.1. The largest absolute Gasteiger partial charge is 0.327 e. The van der Waals surface area contributed by atoms with Crippen molar-refractivity contribution in [3.05, 3.63) is 35.9 Å².